The first-order valence-corrected chi connectivity index (χ1v) is 9.35. The Morgan fingerprint density at radius 2 is 1.57 bits per heavy atom. The molecule has 128 valence electrons. The first kappa shape index (κ1) is 20.9. The molecule has 0 aromatic rings. The highest BCUT2D eigenvalue weighted by Crippen LogP contribution is 2.21. The molecule has 0 aliphatic carbocycles. The zero-order valence-corrected chi connectivity index (χ0v) is 15.8. The molecular weight excluding hydrogens is 258 g/mol. The molecule has 3 heteroatoms. The van der Waals surface area contributed by atoms with Gasteiger partial charge in [-0.3, -0.25) is 4.90 Å². The van der Waals surface area contributed by atoms with Crippen LogP contribution in [0.25, 0.3) is 0 Å². The molecule has 1 atom stereocenters. The Morgan fingerprint density at radius 1 is 1.00 bits per heavy atom. The SMILES string of the molecule is CC.CC.CC(C)N1CCC(CN2CCNCC2C)CC1. The van der Waals surface area contributed by atoms with E-state index in [1.165, 1.54) is 52.1 Å². The molecule has 2 aliphatic rings. The maximum Gasteiger partial charge on any atom is 0.0193 e. The summed E-state index contributed by atoms with van der Waals surface area (Å²) in [5.41, 5.74) is 0. The van der Waals surface area contributed by atoms with Crippen molar-refractivity contribution in [3.63, 3.8) is 0 Å². The maximum absolute atomic E-state index is 3.47. The zero-order valence-electron chi connectivity index (χ0n) is 15.8. The minimum absolute atomic E-state index is 0.729. The van der Waals surface area contributed by atoms with Crippen LogP contribution >= 0.6 is 0 Å². The van der Waals surface area contributed by atoms with Gasteiger partial charge < -0.3 is 10.2 Å². The van der Waals surface area contributed by atoms with Gasteiger partial charge in [0.2, 0.25) is 0 Å². The van der Waals surface area contributed by atoms with Crippen molar-refractivity contribution in [3.05, 3.63) is 0 Å². The van der Waals surface area contributed by atoms with Crippen LogP contribution in [-0.4, -0.2) is 61.2 Å². The quantitative estimate of drug-likeness (QED) is 0.861. The second kappa shape index (κ2) is 12.4. The molecular formula is C18H41N3. The van der Waals surface area contributed by atoms with Crippen molar-refractivity contribution >= 4 is 0 Å². The number of nitrogens with zero attached hydrogens (tertiary/aromatic N) is 2. The molecule has 0 amide bonds. The maximum atomic E-state index is 3.47. The van der Waals surface area contributed by atoms with Gasteiger partial charge in [-0.2, -0.15) is 0 Å². The van der Waals surface area contributed by atoms with Crippen LogP contribution in [0.4, 0.5) is 0 Å². The van der Waals surface area contributed by atoms with Crippen LogP contribution in [0.3, 0.4) is 0 Å². The van der Waals surface area contributed by atoms with E-state index >= 15 is 0 Å². The van der Waals surface area contributed by atoms with E-state index in [4.69, 9.17) is 0 Å². The molecule has 0 aromatic heterocycles. The highest BCUT2D eigenvalue weighted by Gasteiger charge is 2.25. The Morgan fingerprint density at radius 3 is 2.05 bits per heavy atom. The highest BCUT2D eigenvalue weighted by molar-refractivity contribution is 4.81. The van der Waals surface area contributed by atoms with Crippen molar-refractivity contribution in [3.8, 4) is 0 Å². The molecule has 2 rings (SSSR count). The van der Waals surface area contributed by atoms with Gasteiger partial charge in [-0.1, -0.05) is 27.7 Å². The van der Waals surface area contributed by atoms with Crippen molar-refractivity contribution in [1.29, 1.82) is 0 Å². The summed E-state index contributed by atoms with van der Waals surface area (Å²) in [4.78, 5) is 5.31. The van der Waals surface area contributed by atoms with Gasteiger partial charge in [0.25, 0.3) is 0 Å². The number of rotatable bonds is 3. The van der Waals surface area contributed by atoms with Crippen LogP contribution in [0.5, 0.6) is 0 Å². The minimum Gasteiger partial charge on any atom is -0.314 e. The summed E-state index contributed by atoms with van der Waals surface area (Å²) in [5.74, 6) is 0.936. The molecule has 2 saturated heterocycles. The lowest BCUT2D eigenvalue weighted by atomic mass is 9.94. The summed E-state index contributed by atoms with van der Waals surface area (Å²) in [6.45, 7) is 22.5. The Kier molecular flexibility index (Phi) is 12.4. The van der Waals surface area contributed by atoms with Crippen LogP contribution in [-0.2, 0) is 0 Å². The summed E-state index contributed by atoms with van der Waals surface area (Å²) in [6, 6.07) is 1.46. The van der Waals surface area contributed by atoms with Gasteiger partial charge in [0.05, 0.1) is 0 Å². The van der Waals surface area contributed by atoms with E-state index < -0.39 is 0 Å². The molecule has 3 nitrogen and oxygen atoms in total. The lowest BCUT2D eigenvalue weighted by molar-refractivity contribution is 0.0961. The first-order valence-electron chi connectivity index (χ1n) is 9.35. The van der Waals surface area contributed by atoms with Gasteiger partial charge in [-0.05, 0) is 52.6 Å². The Hall–Kier alpha value is -0.120. The predicted octanol–water partition coefficient (Wildman–Crippen LogP) is 3.45. The minimum atomic E-state index is 0.729. The monoisotopic (exact) mass is 299 g/mol. The van der Waals surface area contributed by atoms with Crippen molar-refractivity contribution in [2.45, 2.75) is 73.4 Å². The van der Waals surface area contributed by atoms with E-state index in [1.807, 2.05) is 27.7 Å². The molecule has 2 heterocycles. The van der Waals surface area contributed by atoms with E-state index in [1.54, 1.807) is 0 Å². The number of piperidine rings is 1. The van der Waals surface area contributed by atoms with Gasteiger partial charge in [0.1, 0.15) is 0 Å². The summed E-state index contributed by atoms with van der Waals surface area (Å²) in [7, 11) is 0. The van der Waals surface area contributed by atoms with Crippen LogP contribution in [0.1, 0.15) is 61.3 Å². The van der Waals surface area contributed by atoms with Gasteiger partial charge in [-0.25, -0.2) is 0 Å². The lowest BCUT2D eigenvalue weighted by Gasteiger charge is -2.40. The van der Waals surface area contributed by atoms with Crippen LogP contribution < -0.4 is 5.32 Å². The number of nitrogens with one attached hydrogen (secondary N) is 1. The van der Waals surface area contributed by atoms with Crippen molar-refractivity contribution < 1.29 is 0 Å². The zero-order chi connectivity index (χ0) is 16.3. The predicted molar refractivity (Wildman–Crippen MR) is 96.0 cm³/mol. The lowest BCUT2D eigenvalue weighted by Crippen LogP contribution is -2.52. The number of hydrogen-bond donors (Lipinski definition) is 1. The average molecular weight is 300 g/mol. The Bertz CT molecular complexity index is 223. The van der Waals surface area contributed by atoms with Gasteiger partial charge in [-0.15, -0.1) is 0 Å². The number of hydrogen-bond acceptors (Lipinski definition) is 3. The molecule has 1 unspecified atom stereocenters. The van der Waals surface area contributed by atoms with Gasteiger partial charge in [0.15, 0.2) is 0 Å². The standard InChI is InChI=1S/C14H29N3.2C2H6/c1-12(2)16-7-4-14(5-8-16)11-17-9-6-15-10-13(17)3;2*1-2/h12-15H,4-11H2,1-3H3;2*1-2H3. The van der Waals surface area contributed by atoms with Crippen LogP contribution in [0.15, 0.2) is 0 Å². The van der Waals surface area contributed by atoms with Crippen molar-refractivity contribution in [2.75, 3.05) is 39.3 Å². The molecule has 21 heavy (non-hydrogen) atoms. The summed E-state index contributed by atoms with van der Waals surface area (Å²) in [6.07, 6.45) is 2.80. The molecule has 0 aromatic carbocycles. The van der Waals surface area contributed by atoms with Gasteiger partial charge >= 0.3 is 0 Å². The molecule has 2 fully saturated rings. The summed E-state index contributed by atoms with van der Waals surface area (Å²) < 4.78 is 0. The average Bonchev–Trinajstić information content (AvgIpc) is 2.54. The molecule has 1 N–H and O–H groups in total. The van der Waals surface area contributed by atoms with E-state index in [2.05, 4.69) is 35.9 Å². The Balaban J connectivity index is 0.000000921. The smallest absolute Gasteiger partial charge is 0.0193 e. The summed E-state index contributed by atoms with van der Waals surface area (Å²) >= 11 is 0. The van der Waals surface area contributed by atoms with E-state index in [9.17, 15) is 0 Å². The van der Waals surface area contributed by atoms with Crippen molar-refractivity contribution in [2.24, 2.45) is 5.92 Å². The highest BCUT2D eigenvalue weighted by atomic mass is 15.2. The largest absolute Gasteiger partial charge is 0.314 e. The second-order valence-corrected chi connectivity index (χ2v) is 6.12. The van der Waals surface area contributed by atoms with E-state index in [0.717, 1.165) is 18.0 Å². The van der Waals surface area contributed by atoms with Crippen molar-refractivity contribution in [1.82, 2.24) is 15.1 Å². The normalized spacial score (nSPS) is 24.9. The first-order chi connectivity index (χ1) is 10.2. The molecule has 2 aliphatic heterocycles. The Labute approximate surface area is 134 Å². The molecule has 0 saturated carbocycles. The number of likely N-dealkylation sites (tertiary alicyclic amines) is 1. The fraction of sp³-hybridized carbons (Fsp3) is 1.00. The fourth-order valence-corrected chi connectivity index (χ4v) is 3.14. The van der Waals surface area contributed by atoms with Gasteiger partial charge in [0, 0.05) is 38.3 Å². The third-order valence-electron chi connectivity index (χ3n) is 4.51. The van der Waals surface area contributed by atoms with Crippen LogP contribution in [0, 0.1) is 5.92 Å². The van der Waals surface area contributed by atoms with E-state index in [0.29, 0.717) is 0 Å². The molecule has 0 spiro atoms. The van der Waals surface area contributed by atoms with Crippen LogP contribution in [0.2, 0.25) is 0 Å². The topological polar surface area (TPSA) is 18.5 Å². The fourth-order valence-electron chi connectivity index (χ4n) is 3.14. The number of piperazine rings is 1. The third-order valence-corrected chi connectivity index (χ3v) is 4.51. The van der Waals surface area contributed by atoms with E-state index in [-0.39, 0.29) is 0 Å². The second-order valence-electron chi connectivity index (χ2n) is 6.12. The summed E-state index contributed by atoms with van der Waals surface area (Å²) in [5, 5.41) is 3.47. The molecule has 0 bridgehead atoms. The molecule has 0 radical (unpaired) electrons. The third kappa shape index (κ3) is 7.62.